The van der Waals surface area contributed by atoms with E-state index in [1.807, 2.05) is 0 Å². The molecule has 0 radical (unpaired) electrons. The maximum Gasteiger partial charge on any atom is 0.309 e. The van der Waals surface area contributed by atoms with Crippen LogP contribution in [0.5, 0.6) is 0 Å². The Bertz CT molecular complexity index is 473. The Balaban J connectivity index is 3.10. The normalized spacial score (nSPS) is 12.6. The van der Waals surface area contributed by atoms with E-state index >= 15 is 0 Å². The van der Waals surface area contributed by atoms with Crippen LogP contribution in [0.4, 0.5) is 8.78 Å². The van der Waals surface area contributed by atoms with Gasteiger partial charge in [0, 0.05) is 17.0 Å². The number of rotatable bonds is 4. The molecule has 0 aliphatic carbocycles. The van der Waals surface area contributed by atoms with Gasteiger partial charge in [-0.1, -0.05) is 29.3 Å². The predicted octanol–water partition coefficient (Wildman–Crippen LogP) is 4.59. The number of aliphatic carboxylic acids is 1. The second-order valence-corrected chi connectivity index (χ2v) is 5.54. The maximum absolute atomic E-state index is 14.0. The molecular formula is C12H12Cl2F2O2. The molecule has 0 amide bonds. The summed E-state index contributed by atoms with van der Waals surface area (Å²) >= 11 is 11.3. The molecule has 6 heteroatoms. The molecule has 1 rings (SSSR count). The van der Waals surface area contributed by atoms with Gasteiger partial charge in [-0.05, 0) is 26.0 Å². The molecule has 1 aromatic rings. The zero-order valence-corrected chi connectivity index (χ0v) is 11.3. The quantitative estimate of drug-likeness (QED) is 0.882. The SMILES string of the molecule is CC(C)(CC(F)(F)c1ccc(Cl)cc1Cl)C(=O)O. The summed E-state index contributed by atoms with van der Waals surface area (Å²) in [6.07, 6.45) is -0.837. The van der Waals surface area contributed by atoms with E-state index in [-0.39, 0.29) is 10.0 Å². The van der Waals surface area contributed by atoms with Crippen molar-refractivity contribution in [2.75, 3.05) is 0 Å². The van der Waals surface area contributed by atoms with Crippen LogP contribution in [0.25, 0.3) is 0 Å². The van der Waals surface area contributed by atoms with Crippen LogP contribution in [0.3, 0.4) is 0 Å². The maximum atomic E-state index is 14.0. The molecule has 18 heavy (non-hydrogen) atoms. The molecule has 0 aliphatic heterocycles. The Morgan fingerprint density at radius 1 is 1.33 bits per heavy atom. The minimum Gasteiger partial charge on any atom is -0.481 e. The van der Waals surface area contributed by atoms with Crippen molar-refractivity contribution in [2.24, 2.45) is 5.41 Å². The first-order chi connectivity index (χ1) is 8.06. The Kier molecular flexibility index (Phi) is 4.23. The van der Waals surface area contributed by atoms with Crippen molar-refractivity contribution in [1.82, 2.24) is 0 Å². The first-order valence-corrected chi connectivity index (χ1v) is 5.88. The molecule has 0 spiro atoms. The van der Waals surface area contributed by atoms with Crippen LogP contribution in [-0.2, 0) is 10.7 Å². The van der Waals surface area contributed by atoms with Gasteiger partial charge in [-0.15, -0.1) is 0 Å². The highest BCUT2D eigenvalue weighted by molar-refractivity contribution is 6.35. The third kappa shape index (κ3) is 3.33. The number of carboxylic acids is 1. The van der Waals surface area contributed by atoms with Gasteiger partial charge in [0.15, 0.2) is 0 Å². The van der Waals surface area contributed by atoms with Crippen molar-refractivity contribution in [2.45, 2.75) is 26.2 Å². The summed E-state index contributed by atoms with van der Waals surface area (Å²) in [5.41, 5.74) is -1.96. The molecule has 0 heterocycles. The number of carbonyl (C=O) groups is 1. The Morgan fingerprint density at radius 3 is 2.33 bits per heavy atom. The molecule has 0 bridgehead atoms. The van der Waals surface area contributed by atoms with Crippen molar-refractivity contribution in [3.05, 3.63) is 33.8 Å². The van der Waals surface area contributed by atoms with Gasteiger partial charge >= 0.3 is 5.97 Å². The van der Waals surface area contributed by atoms with Gasteiger partial charge in [-0.3, -0.25) is 4.79 Å². The van der Waals surface area contributed by atoms with Crippen molar-refractivity contribution < 1.29 is 18.7 Å². The number of halogens is 4. The average Bonchev–Trinajstić information content (AvgIpc) is 2.14. The van der Waals surface area contributed by atoms with E-state index in [0.717, 1.165) is 6.07 Å². The average molecular weight is 297 g/mol. The lowest BCUT2D eigenvalue weighted by molar-refractivity contribution is -0.153. The lowest BCUT2D eigenvalue weighted by atomic mass is 9.84. The van der Waals surface area contributed by atoms with Crippen LogP contribution in [-0.4, -0.2) is 11.1 Å². The highest BCUT2D eigenvalue weighted by Crippen LogP contribution is 2.43. The monoisotopic (exact) mass is 296 g/mol. The van der Waals surface area contributed by atoms with Gasteiger partial charge in [0.2, 0.25) is 0 Å². The number of alkyl halides is 2. The Hall–Kier alpha value is -0.870. The second-order valence-electron chi connectivity index (χ2n) is 4.69. The fourth-order valence-electron chi connectivity index (χ4n) is 1.51. The molecule has 2 nitrogen and oxygen atoms in total. The first kappa shape index (κ1) is 15.2. The number of benzene rings is 1. The summed E-state index contributed by atoms with van der Waals surface area (Å²) in [4.78, 5) is 10.9. The van der Waals surface area contributed by atoms with Gasteiger partial charge in [-0.25, -0.2) is 8.78 Å². The van der Waals surface area contributed by atoms with Crippen LogP contribution >= 0.6 is 23.2 Å². The highest BCUT2D eigenvalue weighted by atomic mass is 35.5. The Labute approximate surface area is 114 Å². The molecule has 100 valence electrons. The molecule has 0 aromatic heterocycles. The van der Waals surface area contributed by atoms with E-state index in [4.69, 9.17) is 28.3 Å². The molecule has 0 unspecified atom stereocenters. The van der Waals surface area contributed by atoms with Crippen molar-refractivity contribution >= 4 is 29.2 Å². The summed E-state index contributed by atoms with van der Waals surface area (Å²) in [5, 5.41) is 8.95. The third-order valence-electron chi connectivity index (χ3n) is 2.57. The van der Waals surface area contributed by atoms with Crippen LogP contribution < -0.4 is 0 Å². The molecule has 0 fully saturated rings. The molecule has 0 saturated heterocycles. The number of hydrogen-bond acceptors (Lipinski definition) is 1. The van der Waals surface area contributed by atoms with Crippen LogP contribution in [0, 0.1) is 5.41 Å². The van der Waals surface area contributed by atoms with Crippen molar-refractivity contribution in [3.8, 4) is 0 Å². The summed E-state index contributed by atoms with van der Waals surface area (Å²) in [6.45, 7) is 2.49. The van der Waals surface area contributed by atoms with Gasteiger partial charge < -0.3 is 5.11 Å². The third-order valence-corrected chi connectivity index (χ3v) is 3.12. The van der Waals surface area contributed by atoms with Crippen molar-refractivity contribution in [1.29, 1.82) is 0 Å². The van der Waals surface area contributed by atoms with Gasteiger partial charge in [-0.2, -0.15) is 0 Å². The summed E-state index contributed by atoms with van der Waals surface area (Å²) in [6, 6.07) is 3.62. The molecule has 0 atom stereocenters. The lowest BCUT2D eigenvalue weighted by Crippen LogP contribution is -2.31. The van der Waals surface area contributed by atoms with Crippen LogP contribution in [0.1, 0.15) is 25.8 Å². The van der Waals surface area contributed by atoms with Gasteiger partial charge in [0.25, 0.3) is 5.92 Å². The zero-order valence-electron chi connectivity index (χ0n) is 9.81. The van der Waals surface area contributed by atoms with E-state index in [0.29, 0.717) is 0 Å². The molecule has 0 saturated carbocycles. The summed E-state index contributed by atoms with van der Waals surface area (Å²) in [5.74, 6) is -4.61. The molecular weight excluding hydrogens is 285 g/mol. The predicted molar refractivity (Wildman–Crippen MR) is 66.4 cm³/mol. The van der Waals surface area contributed by atoms with Crippen LogP contribution in [0.2, 0.25) is 10.0 Å². The minimum atomic E-state index is -3.33. The van der Waals surface area contributed by atoms with E-state index in [1.54, 1.807) is 0 Å². The zero-order chi connectivity index (χ0) is 14.1. The molecule has 1 N–H and O–H groups in total. The van der Waals surface area contributed by atoms with Crippen molar-refractivity contribution in [3.63, 3.8) is 0 Å². The van der Waals surface area contributed by atoms with Gasteiger partial charge in [0.05, 0.1) is 10.4 Å². The second kappa shape index (κ2) is 5.02. The molecule has 0 aliphatic rings. The summed E-state index contributed by atoms with van der Waals surface area (Å²) in [7, 11) is 0. The highest BCUT2D eigenvalue weighted by Gasteiger charge is 2.43. The van der Waals surface area contributed by atoms with Gasteiger partial charge in [0.1, 0.15) is 0 Å². The number of hydrogen-bond donors (Lipinski definition) is 1. The number of carboxylic acid groups (broad SMARTS) is 1. The first-order valence-electron chi connectivity index (χ1n) is 5.13. The topological polar surface area (TPSA) is 37.3 Å². The summed E-state index contributed by atoms with van der Waals surface area (Å²) < 4.78 is 28.0. The fraction of sp³-hybridized carbons (Fsp3) is 0.417. The minimum absolute atomic E-state index is 0.173. The van der Waals surface area contributed by atoms with E-state index in [9.17, 15) is 13.6 Å². The van der Waals surface area contributed by atoms with E-state index < -0.39 is 29.3 Å². The smallest absolute Gasteiger partial charge is 0.309 e. The van der Waals surface area contributed by atoms with E-state index in [1.165, 1.54) is 26.0 Å². The standard InChI is InChI=1S/C12H12Cl2F2O2/c1-11(2,10(17)18)6-12(15,16)8-4-3-7(13)5-9(8)14/h3-5H,6H2,1-2H3,(H,17,18). The Morgan fingerprint density at radius 2 is 1.89 bits per heavy atom. The lowest BCUT2D eigenvalue weighted by Gasteiger charge is -2.26. The fourth-order valence-corrected chi connectivity index (χ4v) is 2.06. The largest absolute Gasteiger partial charge is 0.481 e. The molecule has 1 aromatic carbocycles. The van der Waals surface area contributed by atoms with E-state index in [2.05, 4.69) is 0 Å². The van der Waals surface area contributed by atoms with Crippen LogP contribution in [0.15, 0.2) is 18.2 Å².